The first-order valence-electron chi connectivity index (χ1n) is 5.69. The summed E-state index contributed by atoms with van der Waals surface area (Å²) in [4.78, 5) is 12.0. The van der Waals surface area contributed by atoms with E-state index in [9.17, 15) is 4.79 Å². The minimum atomic E-state index is -0.281. The van der Waals surface area contributed by atoms with Crippen molar-refractivity contribution in [1.82, 2.24) is 10.2 Å². The van der Waals surface area contributed by atoms with Gasteiger partial charge in [-0.05, 0) is 36.8 Å². The SMILES string of the molecule is CNc1ccc(C(=O)Nc2cc(Br)ccc2C)nn1. The number of carbonyl (C=O) groups excluding carboxylic acids is 1. The van der Waals surface area contributed by atoms with E-state index >= 15 is 0 Å². The van der Waals surface area contributed by atoms with Gasteiger partial charge in [-0.2, -0.15) is 0 Å². The van der Waals surface area contributed by atoms with Crippen molar-refractivity contribution >= 4 is 33.3 Å². The third-order valence-corrected chi connectivity index (χ3v) is 3.09. The summed E-state index contributed by atoms with van der Waals surface area (Å²) in [6, 6.07) is 9.03. The second kappa shape index (κ2) is 5.79. The molecule has 1 aromatic carbocycles. The highest BCUT2D eigenvalue weighted by atomic mass is 79.9. The van der Waals surface area contributed by atoms with E-state index in [2.05, 4.69) is 36.8 Å². The fourth-order valence-electron chi connectivity index (χ4n) is 1.50. The lowest BCUT2D eigenvalue weighted by Gasteiger charge is -2.08. The molecule has 1 aromatic heterocycles. The molecule has 0 radical (unpaired) electrons. The largest absolute Gasteiger partial charge is 0.372 e. The fourth-order valence-corrected chi connectivity index (χ4v) is 1.86. The lowest BCUT2D eigenvalue weighted by molar-refractivity contribution is 0.102. The third-order valence-electron chi connectivity index (χ3n) is 2.60. The number of carbonyl (C=O) groups is 1. The lowest BCUT2D eigenvalue weighted by Crippen LogP contribution is -2.15. The van der Waals surface area contributed by atoms with Crippen LogP contribution in [0, 0.1) is 6.92 Å². The van der Waals surface area contributed by atoms with E-state index in [1.807, 2.05) is 25.1 Å². The van der Waals surface area contributed by atoms with Gasteiger partial charge in [0.05, 0.1) is 0 Å². The second-order valence-electron chi connectivity index (χ2n) is 3.97. The highest BCUT2D eigenvalue weighted by Crippen LogP contribution is 2.21. The van der Waals surface area contributed by atoms with Gasteiger partial charge < -0.3 is 10.6 Å². The van der Waals surface area contributed by atoms with Gasteiger partial charge in [0, 0.05) is 17.2 Å². The zero-order valence-electron chi connectivity index (χ0n) is 10.6. The zero-order chi connectivity index (χ0) is 13.8. The first-order valence-corrected chi connectivity index (χ1v) is 6.48. The lowest BCUT2D eigenvalue weighted by atomic mass is 10.2. The number of amides is 1. The molecule has 0 aliphatic heterocycles. The average molecular weight is 321 g/mol. The Morgan fingerprint density at radius 3 is 2.63 bits per heavy atom. The van der Waals surface area contributed by atoms with Crippen molar-refractivity contribution in [2.45, 2.75) is 6.92 Å². The summed E-state index contributed by atoms with van der Waals surface area (Å²) in [5, 5.41) is 13.4. The number of aryl methyl sites for hydroxylation is 1. The molecular weight excluding hydrogens is 308 g/mol. The molecule has 6 heteroatoms. The highest BCUT2D eigenvalue weighted by molar-refractivity contribution is 9.10. The Morgan fingerprint density at radius 1 is 1.21 bits per heavy atom. The van der Waals surface area contributed by atoms with Crippen LogP contribution in [0.2, 0.25) is 0 Å². The van der Waals surface area contributed by atoms with Crippen molar-refractivity contribution in [3.05, 3.63) is 46.1 Å². The highest BCUT2D eigenvalue weighted by Gasteiger charge is 2.10. The summed E-state index contributed by atoms with van der Waals surface area (Å²) in [7, 11) is 1.74. The predicted molar refractivity (Wildman–Crippen MR) is 78.4 cm³/mol. The van der Waals surface area contributed by atoms with Gasteiger partial charge >= 0.3 is 0 Å². The van der Waals surface area contributed by atoms with Crippen LogP contribution in [0.25, 0.3) is 0 Å². The van der Waals surface area contributed by atoms with Crippen LogP contribution >= 0.6 is 15.9 Å². The molecule has 0 bridgehead atoms. The molecule has 0 atom stereocenters. The molecule has 2 aromatic rings. The molecule has 98 valence electrons. The van der Waals surface area contributed by atoms with Crippen LogP contribution in [0.3, 0.4) is 0 Å². The van der Waals surface area contributed by atoms with E-state index in [1.165, 1.54) is 0 Å². The van der Waals surface area contributed by atoms with E-state index in [-0.39, 0.29) is 11.6 Å². The smallest absolute Gasteiger partial charge is 0.276 e. The summed E-state index contributed by atoms with van der Waals surface area (Å²) in [5.41, 5.74) is 2.01. The Hall–Kier alpha value is -1.95. The van der Waals surface area contributed by atoms with Crippen molar-refractivity contribution in [3.8, 4) is 0 Å². The Morgan fingerprint density at radius 2 is 2.00 bits per heavy atom. The quantitative estimate of drug-likeness (QED) is 0.912. The predicted octanol–water partition coefficient (Wildman–Crippen LogP) is 2.84. The molecule has 1 amide bonds. The molecule has 0 saturated carbocycles. The monoisotopic (exact) mass is 320 g/mol. The van der Waals surface area contributed by atoms with Gasteiger partial charge in [0.1, 0.15) is 5.82 Å². The molecule has 19 heavy (non-hydrogen) atoms. The molecule has 0 fully saturated rings. The van der Waals surface area contributed by atoms with Crippen molar-refractivity contribution in [2.75, 3.05) is 17.7 Å². The number of aromatic nitrogens is 2. The van der Waals surface area contributed by atoms with Crippen LogP contribution < -0.4 is 10.6 Å². The number of hydrogen-bond acceptors (Lipinski definition) is 4. The Kier molecular flexibility index (Phi) is 4.11. The van der Waals surface area contributed by atoms with Crippen LogP contribution in [0.5, 0.6) is 0 Å². The molecule has 0 aliphatic carbocycles. The van der Waals surface area contributed by atoms with Gasteiger partial charge in [-0.25, -0.2) is 0 Å². The van der Waals surface area contributed by atoms with Crippen LogP contribution in [-0.4, -0.2) is 23.2 Å². The van der Waals surface area contributed by atoms with E-state index in [4.69, 9.17) is 0 Å². The number of benzene rings is 1. The Labute approximate surface area is 119 Å². The third kappa shape index (κ3) is 3.29. The topological polar surface area (TPSA) is 66.9 Å². The van der Waals surface area contributed by atoms with Crippen LogP contribution in [0.1, 0.15) is 16.1 Å². The number of anilines is 2. The van der Waals surface area contributed by atoms with Crippen molar-refractivity contribution in [3.63, 3.8) is 0 Å². The van der Waals surface area contributed by atoms with Crippen LogP contribution in [0.15, 0.2) is 34.8 Å². The van der Waals surface area contributed by atoms with Crippen LogP contribution in [-0.2, 0) is 0 Å². The zero-order valence-corrected chi connectivity index (χ0v) is 12.2. The Bertz CT molecular complexity index is 598. The molecule has 1 heterocycles. The van der Waals surface area contributed by atoms with Gasteiger partial charge in [-0.1, -0.05) is 22.0 Å². The maximum atomic E-state index is 12.0. The summed E-state index contributed by atoms with van der Waals surface area (Å²) in [6.45, 7) is 1.93. The molecule has 0 unspecified atom stereocenters. The summed E-state index contributed by atoms with van der Waals surface area (Å²) >= 11 is 3.37. The van der Waals surface area contributed by atoms with Crippen molar-refractivity contribution in [2.24, 2.45) is 0 Å². The van der Waals surface area contributed by atoms with Gasteiger partial charge in [0.25, 0.3) is 5.91 Å². The van der Waals surface area contributed by atoms with E-state index in [0.29, 0.717) is 5.82 Å². The molecule has 2 N–H and O–H groups in total. The van der Waals surface area contributed by atoms with Gasteiger partial charge in [-0.15, -0.1) is 10.2 Å². The molecule has 5 nitrogen and oxygen atoms in total. The molecule has 0 spiro atoms. The molecular formula is C13H13BrN4O. The fraction of sp³-hybridized carbons (Fsp3) is 0.154. The summed E-state index contributed by atoms with van der Waals surface area (Å²) in [5.74, 6) is 0.339. The Balaban J connectivity index is 2.18. The number of nitrogens with zero attached hydrogens (tertiary/aromatic N) is 2. The van der Waals surface area contributed by atoms with E-state index in [0.717, 1.165) is 15.7 Å². The van der Waals surface area contributed by atoms with Crippen molar-refractivity contribution in [1.29, 1.82) is 0 Å². The van der Waals surface area contributed by atoms with Gasteiger partial charge in [-0.3, -0.25) is 4.79 Å². The molecule has 0 aliphatic rings. The van der Waals surface area contributed by atoms with E-state index in [1.54, 1.807) is 19.2 Å². The molecule has 0 saturated heterocycles. The number of hydrogen-bond donors (Lipinski definition) is 2. The molecule has 2 rings (SSSR count). The summed E-state index contributed by atoms with van der Waals surface area (Å²) < 4.78 is 0.907. The maximum Gasteiger partial charge on any atom is 0.276 e. The average Bonchev–Trinajstić information content (AvgIpc) is 2.43. The minimum absolute atomic E-state index is 0.276. The second-order valence-corrected chi connectivity index (χ2v) is 4.88. The first-order chi connectivity index (χ1) is 9.10. The maximum absolute atomic E-state index is 12.0. The van der Waals surface area contributed by atoms with E-state index < -0.39 is 0 Å². The van der Waals surface area contributed by atoms with Crippen LogP contribution in [0.4, 0.5) is 11.5 Å². The number of nitrogens with one attached hydrogen (secondary N) is 2. The standard InChI is InChI=1S/C13H13BrN4O/c1-8-3-4-9(14)7-11(8)16-13(19)10-5-6-12(15-2)18-17-10/h3-7H,1-2H3,(H,15,18)(H,16,19). The van der Waals surface area contributed by atoms with Gasteiger partial charge in [0.15, 0.2) is 5.69 Å². The van der Waals surface area contributed by atoms with Gasteiger partial charge in [0.2, 0.25) is 0 Å². The minimum Gasteiger partial charge on any atom is -0.372 e. The number of halogens is 1. The van der Waals surface area contributed by atoms with Crippen molar-refractivity contribution < 1.29 is 4.79 Å². The summed E-state index contributed by atoms with van der Waals surface area (Å²) in [6.07, 6.45) is 0. The normalized spacial score (nSPS) is 10.1. The number of rotatable bonds is 3. The first kappa shape index (κ1) is 13.5.